The molecule has 1 aromatic heterocycles. The minimum atomic E-state index is -3.85. The molecule has 2 rings (SSSR count). The Morgan fingerprint density at radius 2 is 2.05 bits per heavy atom. The first-order valence-corrected chi connectivity index (χ1v) is 8.07. The third-order valence-electron chi connectivity index (χ3n) is 3.31. The first-order valence-electron chi connectivity index (χ1n) is 6.25. The lowest BCUT2D eigenvalue weighted by Gasteiger charge is -2.20. The number of likely N-dealkylation sites (tertiary alicyclic amines) is 1. The van der Waals surface area contributed by atoms with Gasteiger partial charge in [0.15, 0.2) is 0 Å². The summed E-state index contributed by atoms with van der Waals surface area (Å²) in [6.07, 6.45) is 3.26. The fourth-order valence-corrected chi connectivity index (χ4v) is 3.55. The van der Waals surface area contributed by atoms with E-state index < -0.39 is 10.0 Å². The zero-order chi connectivity index (χ0) is 14.9. The predicted octanol–water partition coefficient (Wildman–Crippen LogP) is 0.316. The van der Waals surface area contributed by atoms with Crippen molar-refractivity contribution >= 4 is 27.5 Å². The second-order valence-corrected chi connectivity index (χ2v) is 7.12. The minimum absolute atomic E-state index is 0.0328. The summed E-state index contributed by atoms with van der Waals surface area (Å²) in [4.78, 5) is 17.4. The van der Waals surface area contributed by atoms with Gasteiger partial charge in [-0.1, -0.05) is 11.6 Å². The molecule has 0 unspecified atom stereocenters. The van der Waals surface area contributed by atoms with E-state index >= 15 is 0 Å². The lowest BCUT2D eigenvalue weighted by Crippen LogP contribution is -2.40. The molecule has 1 aromatic rings. The molecule has 112 valence electrons. The lowest BCUT2D eigenvalue weighted by atomic mass is 10.4. The van der Waals surface area contributed by atoms with Gasteiger partial charge < -0.3 is 9.47 Å². The Kier molecular flexibility index (Phi) is 4.36. The lowest BCUT2D eigenvalue weighted by molar-refractivity contribution is -0.130. The fraction of sp³-hybridized carbons (Fsp3) is 0.636. The second-order valence-electron chi connectivity index (χ2n) is 4.80. The van der Waals surface area contributed by atoms with Crippen molar-refractivity contribution in [3.63, 3.8) is 0 Å². The first-order chi connectivity index (χ1) is 9.34. The van der Waals surface area contributed by atoms with Gasteiger partial charge in [0.1, 0.15) is 5.15 Å². The highest BCUT2D eigenvalue weighted by molar-refractivity contribution is 7.89. The summed E-state index contributed by atoms with van der Waals surface area (Å²) >= 11 is 5.90. The zero-order valence-corrected chi connectivity index (χ0v) is 13.0. The van der Waals surface area contributed by atoms with Crippen molar-refractivity contribution in [2.45, 2.75) is 17.9 Å². The van der Waals surface area contributed by atoms with Crippen molar-refractivity contribution in [1.82, 2.24) is 18.8 Å². The summed E-state index contributed by atoms with van der Waals surface area (Å²) in [5.41, 5.74) is 0. The van der Waals surface area contributed by atoms with Crippen LogP contribution in [0, 0.1) is 0 Å². The molecule has 0 atom stereocenters. The number of aryl methyl sites for hydroxylation is 1. The van der Waals surface area contributed by atoms with Crippen LogP contribution >= 0.6 is 11.6 Å². The van der Waals surface area contributed by atoms with Crippen LogP contribution in [0.15, 0.2) is 11.4 Å². The zero-order valence-electron chi connectivity index (χ0n) is 11.4. The minimum Gasteiger partial charge on any atom is -0.342 e. The third-order valence-corrected chi connectivity index (χ3v) is 5.60. The number of carbonyl (C=O) groups excluding carboxylic acids is 1. The molecule has 2 heterocycles. The molecule has 1 saturated heterocycles. The highest BCUT2D eigenvalue weighted by atomic mass is 35.5. The van der Waals surface area contributed by atoms with E-state index in [4.69, 9.17) is 11.6 Å². The summed E-state index contributed by atoms with van der Waals surface area (Å²) in [6, 6.07) is 0. The van der Waals surface area contributed by atoms with Gasteiger partial charge in [-0.25, -0.2) is 13.4 Å². The fourth-order valence-electron chi connectivity index (χ4n) is 2.06. The van der Waals surface area contributed by atoms with Crippen LogP contribution in [0.25, 0.3) is 0 Å². The number of nitrogens with zero attached hydrogens (tertiary/aromatic N) is 4. The Labute approximate surface area is 123 Å². The molecule has 20 heavy (non-hydrogen) atoms. The number of halogens is 1. The Morgan fingerprint density at radius 1 is 1.45 bits per heavy atom. The Morgan fingerprint density at radius 3 is 2.55 bits per heavy atom. The predicted molar refractivity (Wildman–Crippen MR) is 73.8 cm³/mol. The summed E-state index contributed by atoms with van der Waals surface area (Å²) < 4.78 is 27.0. The molecular weight excluding hydrogens is 304 g/mol. The number of likely N-dealkylation sites (N-methyl/N-ethyl adjacent to an activating group) is 1. The van der Waals surface area contributed by atoms with Gasteiger partial charge in [0.2, 0.25) is 10.9 Å². The van der Waals surface area contributed by atoms with Crippen LogP contribution in [0.2, 0.25) is 5.15 Å². The highest BCUT2D eigenvalue weighted by Gasteiger charge is 2.30. The number of sulfonamides is 1. The molecule has 1 aliphatic rings. The van der Waals surface area contributed by atoms with Crippen LogP contribution in [0.3, 0.4) is 0 Å². The van der Waals surface area contributed by atoms with E-state index in [1.807, 2.05) is 0 Å². The van der Waals surface area contributed by atoms with Crippen LogP contribution in [0.4, 0.5) is 0 Å². The number of carbonyl (C=O) groups is 1. The van der Waals surface area contributed by atoms with Gasteiger partial charge in [0.25, 0.3) is 10.0 Å². The smallest absolute Gasteiger partial charge is 0.263 e. The van der Waals surface area contributed by atoms with Gasteiger partial charge in [-0.2, -0.15) is 4.31 Å². The molecule has 0 bridgehead atoms. The van der Waals surface area contributed by atoms with E-state index in [2.05, 4.69) is 4.98 Å². The molecule has 0 aliphatic carbocycles. The van der Waals surface area contributed by atoms with Gasteiger partial charge in [-0.05, 0) is 12.8 Å². The molecule has 7 nitrogen and oxygen atoms in total. The van der Waals surface area contributed by atoms with Crippen LogP contribution in [-0.2, 0) is 21.9 Å². The Balaban J connectivity index is 2.13. The summed E-state index contributed by atoms with van der Waals surface area (Å²) in [6.45, 7) is 1.18. The van der Waals surface area contributed by atoms with Crippen LogP contribution in [0.5, 0.6) is 0 Å². The van der Waals surface area contributed by atoms with Gasteiger partial charge in [0, 0.05) is 27.2 Å². The second kappa shape index (κ2) is 5.71. The molecule has 1 amide bonds. The number of hydrogen-bond acceptors (Lipinski definition) is 4. The SMILES string of the molecule is CN(CC(=O)N1CCCC1)S(=O)(=O)c1ncn(C)c1Cl. The van der Waals surface area contributed by atoms with Crippen LogP contribution < -0.4 is 0 Å². The summed E-state index contributed by atoms with van der Waals surface area (Å²) in [5, 5.41) is -0.191. The van der Waals surface area contributed by atoms with Crippen molar-refractivity contribution in [2.75, 3.05) is 26.7 Å². The topological polar surface area (TPSA) is 75.5 Å². The van der Waals surface area contributed by atoms with Gasteiger partial charge >= 0.3 is 0 Å². The summed E-state index contributed by atoms with van der Waals surface area (Å²) in [5.74, 6) is -0.194. The molecule has 1 aliphatic heterocycles. The largest absolute Gasteiger partial charge is 0.342 e. The number of imidazole rings is 1. The molecule has 1 fully saturated rings. The van der Waals surface area contributed by atoms with Gasteiger partial charge in [0.05, 0.1) is 12.9 Å². The number of rotatable bonds is 4. The van der Waals surface area contributed by atoms with E-state index in [0.29, 0.717) is 13.1 Å². The molecule has 9 heteroatoms. The Hall–Kier alpha value is -1.12. The van der Waals surface area contributed by atoms with E-state index in [-0.39, 0.29) is 22.6 Å². The molecule has 0 N–H and O–H groups in total. The average Bonchev–Trinajstić information content (AvgIpc) is 3.01. The van der Waals surface area contributed by atoms with E-state index in [0.717, 1.165) is 17.1 Å². The van der Waals surface area contributed by atoms with E-state index in [1.54, 1.807) is 11.9 Å². The average molecular weight is 321 g/mol. The third kappa shape index (κ3) is 2.82. The normalized spacial score (nSPS) is 16.1. The van der Waals surface area contributed by atoms with E-state index in [1.165, 1.54) is 17.9 Å². The Bertz CT molecular complexity index is 607. The number of aromatic nitrogens is 2. The molecular formula is C11H17ClN4O3S. The van der Waals surface area contributed by atoms with Crippen LogP contribution in [0.1, 0.15) is 12.8 Å². The maximum atomic E-state index is 12.3. The van der Waals surface area contributed by atoms with Crippen molar-refractivity contribution in [3.8, 4) is 0 Å². The molecule has 0 saturated carbocycles. The molecule has 0 radical (unpaired) electrons. The number of amides is 1. The van der Waals surface area contributed by atoms with Crippen LogP contribution in [-0.4, -0.2) is 59.8 Å². The summed E-state index contributed by atoms with van der Waals surface area (Å²) in [7, 11) is -0.895. The van der Waals surface area contributed by atoms with Crippen molar-refractivity contribution in [1.29, 1.82) is 0 Å². The molecule has 0 spiro atoms. The first kappa shape index (κ1) is 15.3. The van der Waals surface area contributed by atoms with Gasteiger partial charge in [-0.15, -0.1) is 0 Å². The van der Waals surface area contributed by atoms with E-state index in [9.17, 15) is 13.2 Å². The maximum Gasteiger partial charge on any atom is 0.263 e. The molecule has 0 aromatic carbocycles. The number of hydrogen-bond donors (Lipinski definition) is 0. The van der Waals surface area contributed by atoms with Crippen molar-refractivity contribution in [2.24, 2.45) is 7.05 Å². The quantitative estimate of drug-likeness (QED) is 0.800. The van der Waals surface area contributed by atoms with Crippen molar-refractivity contribution in [3.05, 3.63) is 11.5 Å². The highest BCUT2D eigenvalue weighted by Crippen LogP contribution is 2.21. The van der Waals surface area contributed by atoms with Crippen molar-refractivity contribution < 1.29 is 13.2 Å². The van der Waals surface area contributed by atoms with Gasteiger partial charge in [-0.3, -0.25) is 4.79 Å². The maximum absolute atomic E-state index is 12.3. The monoisotopic (exact) mass is 320 g/mol. The standard InChI is InChI=1S/C11H17ClN4O3S/c1-14-8-13-11(10(14)12)20(18,19)15(2)7-9(17)16-5-3-4-6-16/h8H,3-7H2,1-2H3.